The van der Waals surface area contributed by atoms with Gasteiger partial charge in [-0.25, -0.2) is 0 Å². The molecular weight excluding hydrogens is 190 g/mol. The van der Waals surface area contributed by atoms with Crippen LogP contribution >= 0.6 is 0 Å². The number of amides is 1. The first-order chi connectivity index (χ1) is 6.90. The van der Waals surface area contributed by atoms with Gasteiger partial charge in [-0.2, -0.15) is 0 Å². The summed E-state index contributed by atoms with van der Waals surface area (Å²) in [6.45, 7) is 3.83. The zero-order chi connectivity index (χ0) is 11.5. The molecule has 1 N–H and O–H groups in total. The molecule has 0 saturated carbocycles. The molecule has 1 atom stereocenters. The molecule has 0 aromatic rings. The van der Waals surface area contributed by atoms with Crippen molar-refractivity contribution in [3.63, 3.8) is 0 Å². The van der Waals surface area contributed by atoms with Crippen molar-refractivity contribution >= 4 is 5.91 Å². The standard InChI is InChI=1S/C12H21NO2/c1-12(2,15)9-13(3)11(14)10-7-5-4-6-8-10/h4-5,10,15H,6-9H2,1-3H3. The van der Waals surface area contributed by atoms with Crippen LogP contribution in [0.15, 0.2) is 12.2 Å². The number of allylic oxidation sites excluding steroid dienone is 2. The summed E-state index contributed by atoms with van der Waals surface area (Å²) >= 11 is 0. The average molecular weight is 211 g/mol. The molecule has 0 spiro atoms. The molecule has 1 amide bonds. The van der Waals surface area contributed by atoms with Gasteiger partial charge in [0.25, 0.3) is 0 Å². The van der Waals surface area contributed by atoms with Gasteiger partial charge < -0.3 is 10.0 Å². The number of nitrogens with zero attached hydrogens (tertiary/aromatic N) is 1. The molecular formula is C12H21NO2. The SMILES string of the molecule is CN(CC(C)(C)O)C(=O)C1CC=CCC1. The second-order valence-corrected chi connectivity index (χ2v) is 4.99. The highest BCUT2D eigenvalue weighted by Gasteiger charge is 2.25. The predicted molar refractivity (Wildman–Crippen MR) is 60.4 cm³/mol. The van der Waals surface area contributed by atoms with E-state index in [2.05, 4.69) is 12.2 Å². The minimum absolute atomic E-state index is 0.113. The number of rotatable bonds is 3. The summed E-state index contributed by atoms with van der Waals surface area (Å²) in [4.78, 5) is 13.6. The van der Waals surface area contributed by atoms with Crippen molar-refractivity contribution in [2.45, 2.75) is 38.7 Å². The lowest BCUT2D eigenvalue weighted by Crippen LogP contribution is -2.42. The molecule has 3 nitrogen and oxygen atoms in total. The van der Waals surface area contributed by atoms with Gasteiger partial charge in [-0.1, -0.05) is 12.2 Å². The van der Waals surface area contributed by atoms with Gasteiger partial charge in [0, 0.05) is 19.5 Å². The fraction of sp³-hybridized carbons (Fsp3) is 0.750. The topological polar surface area (TPSA) is 40.5 Å². The maximum Gasteiger partial charge on any atom is 0.225 e. The normalized spacial score (nSPS) is 21.5. The van der Waals surface area contributed by atoms with E-state index in [9.17, 15) is 9.90 Å². The van der Waals surface area contributed by atoms with Crippen molar-refractivity contribution in [3.8, 4) is 0 Å². The van der Waals surface area contributed by atoms with E-state index < -0.39 is 5.60 Å². The number of carbonyl (C=O) groups is 1. The van der Waals surface area contributed by atoms with Gasteiger partial charge in [0.05, 0.1) is 5.60 Å². The van der Waals surface area contributed by atoms with Crippen LogP contribution in [0, 0.1) is 5.92 Å². The van der Waals surface area contributed by atoms with E-state index in [1.165, 1.54) is 0 Å². The van der Waals surface area contributed by atoms with Gasteiger partial charge in [0.2, 0.25) is 5.91 Å². The first-order valence-corrected chi connectivity index (χ1v) is 5.52. The second-order valence-electron chi connectivity index (χ2n) is 4.99. The monoisotopic (exact) mass is 211 g/mol. The van der Waals surface area contributed by atoms with Crippen molar-refractivity contribution in [3.05, 3.63) is 12.2 Å². The van der Waals surface area contributed by atoms with Crippen LogP contribution in [0.5, 0.6) is 0 Å². The number of likely N-dealkylation sites (N-methyl/N-ethyl adjacent to an activating group) is 1. The summed E-state index contributed by atoms with van der Waals surface area (Å²) in [6, 6.07) is 0. The van der Waals surface area contributed by atoms with Crippen LogP contribution in [0.1, 0.15) is 33.1 Å². The van der Waals surface area contributed by atoms with Crippen molar-refractivity contribution in [1.82, 2.24) is 4.90 Å². The largest absolute Gasteiger partial charge is 0.389 e. The Balaban J connectivity index is 2.49. The van der Waals surface area contributed by atoms with E-state index in [1.807, 2.05) is 0 Å². The number of hydrogen-bond donors (Lipinski definition) is 1. The summed E-state index contributed by atoms with van der Waals surface area (Å²) < 4.78 is 0. The van der Waals surface area contributed by atoms with Crippen LogP contribution in [0.25, 0.3) is 0 Å². The molecule has 0 heterocycles. The van der Waals surface area contributed by atoms with Crippen LogP contribution in [-0.4, -0.2) is 35.1 Å². The van der Waals surface area contributed by atoms with E-state index >= 15 is 0 Å². The van der Waals surface area contributed by atoms with Crippen molar-refractivity contribution in [2.75, 3.05) is 13.6 Å². The maximum absolute atomic E-state index is 12.0. The Labute approximate surface area is 91.8 Å². The van der Waals surface area contributed by atoms with Crippen LogP contribution in [0.2, 0.25) is 0 Å². The van der Waals surface area contributed by atoms with Gasteiger partial charge in [0.15, 0.2) is 0 Å². The molecule has 0 aromatic carbocycles. The summed E-state index contributed by atoms with van der Waals surface area (Å²) in [6.07, 6.45) is 6.97. The number of aliphatic hydroxyl groups is 1. The minimum Gasteiger partial charge on any atom is -0.389 e. The molecule has 86 valence electrons. The molecule has 15 heavy (non-hydrogen) atoms. The van der Waals surface area contributed by atoms with Crippen LogP contribution in [-0.2, 0) is 4.79 Å². The van der Waals surface area contributed by atoms with E-state index in [0.29, 0.717) is 6.54 Å². The molecule has 0 radical (unpaired) electrons. The second kappa shape index (κ2) is 4.79. The molecule has 1 rings (SSSR count). The lowest BCUT2D eigenvalue weighted by molar-refractivity contribution is -0.137. The molecule has 1 aliphatic carbocycles. The minimum atomic E-state index is -0.811. The molecule has 3 heteroatoms. The smallest absolute Gasteiger partial charge is 0.225 e. The predicted octanol–water partition coefficient (Wildman–Crippen LogP) is 1.57. The summed E-state index contributed by atoms with van der Waals surface area (Å²) in [7, 11) is 1.76. The lowest BCUT2D eigenvalue weighted by Gasteiger charge is -2.29. The highest BCUT2D eigenvalue weighted by atomic mass is 16.3. The fourth-order valence-electron chi connectivity index (χ4n) is 1.99. The number of hydrogen-bond acceptors (Lipinski definition) is 2. The average Bonchev–Trinajstić information content (AvgIpc) is 2.15. The third-order valence-corrected chi connectivity index (χ3v) is 2.62. The lowest BCUT2D eigenvalue weighted by atomic mass is 9.93. The van der Waals surface area contributed by atoms with Crippen molar-refractivity contribution < 1.29 is 9.90 Å². The summed E-state index contributed by atoms with van der Waals surface area (Å²) in [5.41, 5.74) is -0.811. The Morgan fingerprint density at radius 3 is 2.67 bits per heavy atom. The van der Waals surface area contributed by atoms with Gasteiger partial charge in [0.1, 0.15) is 0 Å². The quantitative estimate of drug-likeness (QED) is 0.720. The fourth-order valence-corrected chi connectivity index (χ4v) is 1.99. The first-order valence-electron chi connectivity index (χ1n) is 5.52. The molecule has 0 fully saturated rings. The zero-order valence-corrected chi connectivity index (χ0v) is 9.86. The van der Waals surface area contributed by atoms with Gasteiger partial charge in [-0.3, -0.25) is 4.79 Å². The zero-order valence-electron chi connectivity index (χ0n) is 9.86. The molecule has 0 aromatic heterocycles. The highest BCUT2D eigenvalue weighted by Crippen LogP contribution is 2.20. The van der Waals surface area contributed by atoms with Gasteiger partial charge in [-0.15, -0.1) is 0 Å². The third kappa shape index (κ3) is 4.04. The highest BCUT2D eigenvalue weighted by molar-refractivity contribution is 5.79. The molecule has 0 bridgehead atoms. The molecule has 1 unspecified atom stereocenters. The van der Waals surface area contributed by atoms with E-state index in [0.717, 1.165) is 19.3 Å². The van der Waals surface area contributed by atoms with Gasteiger partial charge >= 0.3 is 0 Å². The molecule has 1 aliphatic rings. The Hall–Kier alpha value is -0.830. The van der Waals surface area contributed by atoms with E-state index in [4.69, 9.17) is 0 Å². The van der Waals surface area contributed by atoms with E-state index in [-0.39, 0.29) is 11.8 Å². The molecule has 0 aliphatic heterocycles. The van der Waals surface area contributed by atoms with Crippen molar-refractivity contribution in [1.29, 1.82) is 0 Å². The Bertz CT molecular complexity index is 253. The van der Waals surface area contributed by atoms with E-state index in [1.54, 1.807) is 25.8 Å². The summed E-state index contributed by atoms with van der Waals surface area (Å²) in [5.74, 6) is 0.267. The Morgan fingerprint density at radius 2 is 2.20 bits per heavy atom. The van der Waals surface area contributed by atoms with Crippen LogP contribution < -0.4 is 0 Å². The van der Waals surface area contributed by atoms with Crippen LogP contribution in [0.4, 0.5) is 0 Å². The number of carbonyl (C=O) groups excluding carboxylic acids is 1. The molecule has 0 saturated heterocycles. The van der Waals surface area contributed by atoms with Crippen LogP contribution in [0.3, 0.4) is 0 Å². The maximum atomic E-state index is 12.0. The third-order valence-electron chi connectivity index (χ3n) is 2.62. The van der Waals surface area contributed by atoms with Gasteiger partial charge in [-0.05, 0) is 33.1 Å². The first kappa shape index (κ1) is 12.2. The summed E-state index contributed by atoms with van der Waals surface area (Å²) in [5, 5.41) is 9.63. The Morgan fingerprint density at radius 1 is 1.53 bits per heavy atom. The van der Waals surface area contributed by atoms with Crippen molar-refractivity contribution in [2.24, 2.45) is 5.92 Å². The Kier molecular flexibility index (Phi) is 3.91.